The monoisotopic (exact) mass is 956 g/mol. The first-order chi connectivity index (χ1) is 35.7. The quantitative estimate of drug-likeness (QED) is 0.157. The van der Waals surface area contributed by atoms with E-state index in [2.05, 4.69) is 245 Å². The zero-order valence-corrected chi connectivity index (χ0v) is 41.3. The van der Waals surface area contributed by atoms with Crippen molar-refractivity contribution in [3.05, 3.63) is 234 Å². The number of aromatic nitrogens is 2. The Morgan fingerprint density at radius 1 is 0.389 bits per heavy atom. The van der Waals surface area contributed by atoms with Crippen molar-refractivity contribution in [3.63, 3.8) is 0 Å². The van der Waals surface area contributed by atoms with E-state index in [-0.39, 0.29) is 0 Å². The highest BCUT2D eigenvalue weighted by Gasteiger charge is 2.33. The van der Waals surface area contributed by atoms with Gasteiger partial charge in [0.2, 0.25) is 0 Å². The van der Waals surface area contributed by atoms with E-state index in [0.717, 1.165) is 19.3 Å². The lowest BCUT2D eigenvalue weighted by Gasteiger charge is -2.16. The Kier molecular flexibility index (Phi) is 9.15. The first-order valence-corrected chi connectivity index (χ1v) is 27.6. The van der Waals surface area contributed by atoms with E-state index in [1.807, 2.05) is 0 Å². The fourth-order valence-electron chi connectivity index (χ4n) is 13.0. The van der Waals surface area contributed by atoms with E-state index in [1.165, 1.54) is 145 Å². The second-order valence-electron chi connectivity index (χ2n) is 20.4. The molecule has 2 aliphatic heterocycles. The number of benzene rings is 9. The number of hydrogen-bond donors (Lipinski definition) is 0. The average molecular weight is 957 g/mol. The predicted molar refractivity (Wildman–Crippen MR) is 310 cm³/mol. The minimum Gasteiger partial charge on any atom is -0.312 e. The standard InChI is InChI=1S/C68H48N2S2/c1-3-11-41(12-4-1)47-27-29-53-57-37-49(35-55-51-15-7-9-17-59(51)69(67(55)57)61(53)39-47)43-19-23-45(24-20-43)63-31-33-65(71-63)66-34-32-64(72-66)46-25-21-44(22-26-46)50-36-56-52-16-8-10-18-60(52)70-62-40-48(42-13-5-2-6-14-42)28-30-54(62)58(38-50)68(56)70/h1-9,11-17,19-30,33,35-40,63-64,66H,10,18,31-32,34H2. The van der Waals surface area contributed by atoms with E-state index in [9.17, 15) is 0 Å². The van der Waals surface area contributed by atoms with Crippen LogP contribution in [0.5, 0.6) is 0 Å². The minimum atomic E-state index is 0.464. The maximum absolute atomic E-state index is 2.58. The van der Waals surface area contributed by atoms with Crippen LogP contribution >= 0.6 is 23.5 Å². The molecule has 1 saturated heterocycles. The molecular weight excluding hydrogens is 909 g/mol. The Morgan fingerprint density at radius 2 is 0.903 bits per heavy atom. The SMILES string of the molecule is C1=Cc2c(n3c4cc(-c5ccccc5)ccc4c4cc(-c5ccc(C6CCC(C7=CCC(c8ccc(-c9cc%10c%11ccccc%11n%11c%12cc(-c%13ccccc%13)ccc%12c(c9)c%10%11)cc8)S7)S6)cc5)cc2c43)CC1. The lowest BCUT2D eigenvalue weighted by molar-refractivity contribution is 0.792. The van der Waals surface area contributed by atoms with Gasteiger partial charge in [-0.3, -0.25) is 0 Å². The van der Waals surface area contributed by atoms with Crippen LogP contribution < -0.4 is 0 Å². The summed E-state index contributed by atoms with van der Waals surface area (Å²) in [5.74, 6) is 0. The molecule has 2 nitrogen and oxygen atoms in total. The third kappa shape index (κ3) is 6.25. The summed E-state index contributed by atoms with van der Waals surface area (Å²) in [5, 5.41) is 10.9. The highest BCUT2D eigenvalue weighted by atomic mass is 32.2. The van der Waals surface area contributed by atoms with Gasteiger partial charge in [0.25, 0.3) is 0 Å². The van der Waals surface area contributed by atoms with Crippen LogP contribution in [0.4, 0.5) is 0 Å². The molecule has 3 atom stereocenters. The van der Waals surface area contributed by atoms with Gasteiger partial charge in [0.15, 0.2) is 0 Å². The summed E-state index contributed by atoms with van der Waals surface area (Å²) in [4.78, 5) is 1.58. The zero-order chi connectivity index (χ0) is 47.0. The summed E-state index contributed by atoms with van der Waals surface area (Å²) in [6, 6.07) is 73.5. The Hall–Kier alpha value is -7.50. The number of aryl methyl sites for hydroxylation is 1. The molecule has 3 aliphatic rings. The van der Waals surface area contributed by atoms with Gasteiger partial charge in [0, 0.05) is 64.7 Å². The highest BCUT2D eigenvalue weighted by molar-refractivity contribution is 8.06. The highest BCUT2D eigenvalue weighted by Crippen LogP contribution is 2.55. The summed E-state index contributed by atoms with van der Waals surface area (Å²) in [7, 11) is 0. The zero-order valence-electron chi connectivity index (χ0n) is 39.7. The minimum absolute atomic E-state index is 0.464. The molecule has 0 N–H and O–H groups in total. The maximum Gasteiger partial charge on any atom is 0.0620 e. The molecule has 72 heavy (non-hydrogen) atoms. The predicted octanol–water partition coefficient (Wildman–Crippen LogP) is 19.2. The third-order valence-electron chi connectivity index (χ3n) is 16.5. The molecule has 16 rings (SSSR count). The van der Waals surface area contributed by atoms with Gasteiger partial charge >= 0.3 is 0 Å². The van der Waals surface area contributed by atoms with Crippen LogP contribution in [0.3, 0.4) is 0 Å². The van der Waals surface area contributed by atoms with Crippen LogP contribution in [0.2, 0.25) is 0 Å². The smallest absolute Gasteiger partial charge is 0.0620 e. The Labute approximate surface area is 427 Å². The van der Waals surface area contributed by atoms with Gasteiger partial charge in [-0.05, 0) is 135 Å². The molecule has 13 aromatic rings. The van der Waals surface area contributed by atoms with Crippen LogP contribution in [-0.2, 0) is 6.42 Å². The largest absolute Gasteiger partial charge is 0.312 e. The summed E-state index contributed by atoms with van der Waals surface area (Å²) in [5.41, 5.74) is 22.5. The van der Waals surface area contributed by atoms with Crippen molar-refractivity contribution in [2.45, 2.75) is 47.9 Å². The van der Waals surface area contributed by atoms with Crippen molar-refractivity contribution >= 4 is 94.9 Å². The number of allylic oxidation sites excluding steroid dienone is 2. The van der Waals surface area contributed by atoms with Crippen LogP contribution in [-0.4, -0.2) is 14.1 Å². The van der Waals surface area contributed by atoms with Crippen LogP contribution in [0.15, 0.2) is 211 Å². The van der Waals surface area contributed by atoms with Crippen molar-refractivity contribution in [2.75, 3.05) is 0 Å². The molecule has 4 heteroatoms. The van der Waals surface area contributed by atoms with Crippen molar-refractivity contribution in [1.29, 1.82) is 0 Å². The molecular formula is C68H48N2S2. The molecule has 342 valence electrons. The van der Waals surface area contributed by atoms with E-state index >= 15 is 0 Å². The van der Waals surface area contributed by atoms with Gasteiger partial charge in [-0.15, -0.1) is 23.5 Å². The Balaban J connectivity index is 0.640. The van der Waals surface area contributed by atoms with Crippen LogP contribution in [0.25, 0.3) is 116 Å². The van der Waals surface area contributed by atoms with Crippen molar-refractivity contribution in [2.24, 2.45) is 0 Å². The summed E-state index contributed by atoms with van der Waals surface area (Å²) < 4.78 is 5.08. The number of nitrogens with zero attached hydrogens (tertiary/aromatic N) is 2. The molecule has 1 fully saturated rings. The normalized spacial score (nSPS) is 18.1. The van der Waals surface area contributed by atoms with Crippen LogP contribution in [0, 0.1) is 0 Å². The second-order valence-corrected chi connectivity index (χ2v) is 23.1. The van der Waals surface area contributed by atoms with Gasteiger partial charge < -0.3 is 8.80 Å². The van der Waals surface area contributed by atoms with Crippen LogP contribution in [0.1, 0.15) is 58.6 Å². The van der Waals surface area contributed by atoms with Gasteiger partial charge in [-0.2, -0.15) is 0 Å². The topological polar surface area (TPSA) is 8.82 Å². The summed E-state index contributed by atoms with van der Waals surface area (Å²) in [6.45, 7) is 0. The molecule has 3 unspecified atom stereocenters. The number of thioether (sulfide) groups is 2. The van der Waals surface area contributed by atoms with Crippen molar-refractivity contribution < 1.29 is 0 Å². The van der Waals surface area contributed by atoms with Gasteiger partial charge in [-0.1, -0.05) is 170 Å². The molecule has 0 radical (unpaired) electrons. The average Bonchev–Trinajstić information content (AvgIpc) is 4.33. The molecule has 0 spiro atoms. The molecule has 1 aliphatic carbocycles. The fraction of sp³-hybridized carbons (Fsp3) is 0.118. The van der Waals surface area contributed by atoms with E-state index in [4.69, 9.17) is 0 Å². The molecule has 0 amide bonds. The lowest BCUT2D eigenvalue weighted by Crippen LogP contribution is -1.97. The first-order valence-electron chi connectivity index (χ1n) is 25.8. The number of para-hydroxylation sites is 1. The second kappa shape index (κ2) is 16.0. The molecule has 0 bridgehead atoms. The Bertz CT molecular complexity index is 4350. The number of hydrogen-bond acceptors (Lipinski definition) is 2. The van der Waals surface area contributed by atoms with Gasteiger partial charge in [-0.25, -0.2) is 0 Å². The van der Waals surface area contributed by atoms with Crippen molar-refractivity contribution in [3.8, 4) is 44.5 Å². The van der Waals surface area contributed by atoms with Gasteiger partial charge in [0.05, 0.1) is 27.6 Å². The molecule has 9 aromatic carbocycles. The number of rotatable bonds is 7. The number of fused-ring (bicyclic) bond motifs is 12. The molecule has 6 heterocycles. The molecule has 4 aromatic heterocycles. The molecule has 0 saturated carbocycles. The summed E-state index contributed by atoms with van der Waals surface area (Å²) >= 11 is 4.30. The van der Waals surface area contributed by atoms with E-state index < -0.39 is 0 Å². The van der Waals surface area contributed by atoms with Crippen molar-refractivity contribution in [1.82, 2.24) is 8.80 Å². The lowest BCUT2D eigenvalue weighted by atomic mass is 9.95. The fourth-order valence-corrected chi connectivity index (χ4v) is 16.1. The van der Waals surface area contributed by atoms with E-state index in [1.54, 1.807) is 4.91 Å². The summed E-state index contributed by atoms with van der Waals surface area (Å²) in [6.07, 6.45) is 13.0. The first kappa shape index (κ1) is 41.2. The van der Waals surface area contributed by atoms with E-state index in [0.29, 0.717) is 15.7 Å². The van der Waals surface area contributed by atoms with Gasteiger partial charge in [0.1, 0.15) is 0 Å². The third-order valence-corrected chi connectivity index (χ3v) is 19.7. The maximum atomic E-state index is 2.58. The Morgan fingerprint density at radius 3 is 1.56 bits per heavy atom.